The van der Waals surface area contributed by atoms with Crippen LogP contribution in [0.1, 0.15) is 31.2 Å². The summed E-state index contributed by atoms with van der Waals surface area (Å²) in [6.45, 7) is 2.64. The molecule has 7 heteroatoms. The van der Waals surface area contributed by atoms with Crippen LogP contribution in [0.15, 0.2) is 58.5 Å². The van der Waals surface area contributed by atoms with Gasteiger partial charge in [-0.2, -0.15) is 13.5 Å². The Morgan fingerprint density at radius 1 is 1.07 bits per heavy atom. The number of benzene rings is 2. The maximum atomic E-state index is 12.5. The van der Waals surface area contributed by atoms with Crippen molar-refractivity contribution in [2.24, 2.45) is 11.0 Å². The first-order valence-electron chi connectivity index (χ1n) is 9.51. The van der Waals surface area contributed by atoms with Crippen molar-refractivity contribution in [3.63, 3.8) is 0 Å². The number of nitrogens with one attached hydrogen (secondary N) is 2. The molecule has 0 heterocycles. The molecule has 1 unspecified atom stereocenters. The second-order valence-electron chi connectivity index (χ2n) is 7.06. The van der Waals surface area contributed by atoms with E-state index in [1.165, 1.54) is 0 Å². The molecular weight excluding hydrogens is 374 g/mol. The van der Waals surface area contributed by atoms with Crippen LogP contribution in [0.4, 0.5) is 5.69 Å². The van der Waals surface area contributed by atoms with Gasteiger partial charge in [-0.15, -0.1) is 0 Å². The van der Waals surface area contributed by atoms with Gasteiger partial charge in [-0.25, -0.2) is 4.83 Å². The zero-order valence-electron chi connectivity index (χ0n) is 16.3. The summed E-state index contributed by atoms with van der Waals surface area (Å²) in [6, 6.07) is 14.5. The fourth-order valence-electron chi connectivity index (χ4n) is 3.27. The number of rotatable bonds is 7. The molecule has 2 aromatic carbocycles. The van der Waals surface area contributed by atoms with E-state index >= 15 is 0 Å². The van der Waals surface area contributed by atoms with Crippen molar-refractivity contribution < 1.29 is 13.2 Å². The number of hydrogen-bond donors (Lipinski definition) is 2. The van der Waals surface area contributed by atoms with Gasteiger partial charge in [0, 0.05) is 23.9 Å². The van der Waals surface area contributed by atoms with Crippen molar-refractivity contribution in [1.82, 2.24) is 4.83 Å². The van der Waals surface area contributed by atoms with Gasteiger partial charge in [-0.3, -0.25) is 0 Å². The van der Waals surface area contributed by atoms with Crippen molar-refractivity contribution in [1.29, 1.82) is 0 Å². The van der Waals surface area contributed by atoms with E-state index in [0.717, 1.165) is 54.9 Å². The van der Waals surface area contributed by atoms with E-state index < -0.39 is 10.0 Å². The summed E-state index contributed by atoms with van der Waals surface area (Å²) in [7, 11) is -2.00. The first-order chi connectivity index (χ1) is 13.5. The number of hydrogen-bond acceptors (Lipinski definition) is 5. The monoisotopic (exact) mass is 401 g/mol. The number of sulfonamides is 1. The lowest BCUT2D eigenvalue weighted by Crippen LogP contribution is -2.30. The largest absolute Gasteiger partial charge is 0.497 e. The molecule has 3 rings (SSSR count). The maximum Gasteiger partial charge on any atom is 0.276 e. The molecule has 1 aliphatic rings. The lowest BCUT2D eigenvalue weighted by Gasteiger charge is -2.24. The highest BCUT2D eigenvalue weighted by Gasteiger charge is 2.22. The molecule has 0 bridgehead atoms. The standard InChI is InChI=1S/C21H27N3O3S/c1-16-7-13-20(14-8-16)28(25,26)24-23-21-6-4-3-5-17(21)15-22-18-9-11-19(27-2)12-10-18/h7-14,17,22,24H,3-6,15H2,1-2H3/b23-21+. The molecule has 0 saturated heterocycles. The van der Waals surface area contributed by atoms with Gasteiger partial charge in [0.25, 0.3) is 10.0 Å². The molecular formula is C21H27N3O3S. The summed E-state index contributed by atoms with van der Waals surface area (Å²) in [5.41, 5.74) is 2.93. The molecule has 0 radical (unpaired) electrons. The zero-order valence-corrected chi connectivity index (χ0v) is 17.1. The van der Waals surface area contributed by atoms with E-state index in [-0.39, 0.29) is 10.8 Å². The lowest BCUT2D eigenvalue weighted by molar-refractivity contribution is 0.415. The molecule has 0 aliphatic heterocycles. The van der Waals surface area contributed by atoms with Gasteiger partial charge in [0.2, 0.25) is 0 Å². The predicted octanol–water partition coefficient (Wildman–Crippen LogP) is 3.94. The molecule has 0 amide bonds. The predicted molar refractivity (Wildman–Crippen MR) is 112 cm³/mol. The van der Waals surface area contributed by atoms with Gasteiger partial charge in [0.05, 0.1) is 12.0 Å². The molecule has 2 aromatic rings. The summed E-state index contributed by atoms with van der Waals surface area (Å²) in [6.07, 6.45) is 3.96. The van der Waals surface area contributed by atoms with Gasteiger partial charge < -0.3 is 10.1 Å². The average molecular weight is 402 g/mol. The van der Waals surface area contributed by atoms with Crippen molar-refractivity contribution in [2.75, 3.05) is 19.0 Å². The fraction of sp³-hybridized carbons (Fsp3) is 0.381. The van der Waals surface area contributed by atoms with E-state index in [1.807, 2.05) is 31.2 Å². The molecule has 2 N–H and O–H groups in total. The Morgan fingerprint density at radius 2 is 1.79 bits per heavy atom. The molecule has 1 fully saturated rings. The third-order valence-corrected chi connectivity index (χ3v) is 6.21. The molecule has 1 aliphatic carbocycles. The van der Waals surface area contributed by atoms with Crippen LogP contribution in [0.3, 0.4) is 0 Å². The third kappa shape index (κ3) is 5.25. The molecule has 1 saturated carbocycles. The lowest BCUT2D eigenvalue weighted by atomic mass is 9.87. The molecule has 0 aromatic heterocycles. The molecule has 6 nitrogen and oxygen atoms in total. The quantitative estimate of drug-likeness (QED) is 0.689. The van der Waals surface area contributed by atoms with Crippen LogP contribution in [0, 0.1) is 12.8 Å². The zero-order chi connectivity index (χ0) is 20.0. The number of anilines is 1. The number of nitrogens with zero attached hydrogens (tertiary/aromatic N) is 1. The van der Waals surface area contributed by atoms with Crippen LogP contribution in [-0.2, 0) is 10.0 Å². The Hall–Kier alpha value is -2.54. The van der Waals surface area contributed by atoms with Crippen LogP contribution in [0.2, 0.25) is 0 Å². The molecule has 150 valence electrons. The smallest absolute Gasteiger partial charge is 0.276 e. The minimum absolute atomic E-state index is 0.205. The highest BCUT2D eigenvalue weighted by molar-refractivity contribution is 7.89. The summed E-state index contributed by atoms with van der Waals surface area (Å²) in [5.74, 6) is 1.02. The highest BCUT2D eigenvalue weighted by atomic mass is 32.2. The van der Waals surface area contributed by atoms with Gasteiger partial charge in [0.1, 0.15) is 5.75 Å². The normalized spacial score (nSPS) is 18.6. The van der Waals surface area contributed by atoms with Crippen LogP contribution in [-0.4, -0.2) is 27.8 Å². The Balaban J connectivity index is 1.65. The van der Waals surface area contributed by atoms with E-state index in [4.69, 9.17) is 4.74 Å². The molecule has 28 heavy (non-hydrogen) atoms. The van der Waals surface area contributed by atoms with Gasteiger partial charge in [0.15, 0.2) is 0 Å². The summed E-state index contributed by atoms with van der Waals surface area (Å²) in [5, 5.41) is 7.71. The minimum atomic E-state index is -3.65. The average Bonchev–Trinajstić information content (AvgIpc) is 2.72. The van der Waals surface area contributed by atoms with Crippen molar-refractivity contribution in [3.05, 3.63) is 54.1 Å². The SMILES string of the molecule is COc1ccc(NCC2CCCC/C2=N\NS(=O)(=O)c2ccc(C)cc2)cc1. The fourth-order valence-corrected chi connectivity index (χ4v) is 4.11. The summed E-state index contributed by atoms with van der Waals surface area (Å²) in [4.78, 5) is 2.65. The van der Waals surface area contributed by atoms with Crippen LogP contribution >= 0.6 is 0 Å². The number of aryl methyl sites for hydroxylation is 1. The summed E-state index contributed by atoms with van der Waals surface area (Å²) < 4.78 is 30.1. The second-order valence-corrected chi connectivity index (χ2v) is 8.72. The minimum Gasteiger partial charge on any atom is -0.497 e. The number of methoxy groups -OCH3 is 1. The van der Waals surface area contributed by atoms with E-state index in [2.05, 4.69) is 15.2 Å². The Labute approximate surface area is 167 Å². The Morgan fingerprint density at radius 3 is 2.46 bits per heavy atom. The second kappa shape index (κ2) is 9.10. The van der Waals surface area contributed by atoms with Crippen LogP contribution in [0.25, 0.3) is 0 Å². The molecule has 1 atom stereocenters. The van der Waals surface area contributed by atoms with Crippen molar-refractivity contribution in [3.8, 4) is 5.75 Å². The highest BCUT2D eigenvalue weighted by Crippen LogP contribution is 2.23. The number of hydrazone groups is 1. The summed E-state index contributed by atoms with van der Waals surface area (Å²) >= 11 is 0. The van der Waals surface area contributed by atoms with Gasteiger partial charge in [-0.05, 0) is 62.6 Å². The molecule has 0 spiro atoms. The van der Waals surface area contributed by atoms with E-state index in [1.54, 1.807) is 31.4 Å². The van der Waals surface area contributed by atoms with Crippen molar-refractivity contribution >= 4 is 21.4 Å². The Kier molecular flexibility index (Phi) is 6.57. The van der Waals surface area contributed by atoms with Crippen LogP contribution in [0.5, 0.6) is 5.75 Å². The maximum absolute atomic E-state index is 12.5. The van der Waals surface area contributed by atoms with Crippen molar-refractivity contribution in [2.45, 2.75) is 37.5 Å². The van der Waals surface area contributed by atoms with Gasteiger partial charge in [-0.1, -0.05) is 24.1 Å². The van der Waals surface area contributed by atoms with E-state index in [0.29, 0.717) is 0 Å². The van der Waals surface area contributed by atoms with Gasteiger partial charge >= 0.3 is 0 Å². The topological polar surface area (TPSA) is 79.8 Å². The number of ether oxygens (including phenoxy) is 1. The van der Waals surface area contributed by atoms with Crippen LogP contribution < -0.4 is 14.9 Å². The third-order valence-electron chi connectivity index (χ3n) is 4.99. The van der Waals surface area contributed by atoms with E-state index in [9.17, 15) is 8.42 Å². The Bertz CT molecular complexity index is 907. The first kappa shape index (κ1) is 20.2. The first-order valence-corrected chi connectivity index (χ1v) is 11.0.